The molecule has 0 bridgehead atoms. The maximum atomic E-state index is 12.6. The fourth-order valence-electron chi connectivity index (χ4n) is 2.66. The third-order valence-electron chi connectivity index (χ3n) is 4.18. The number of nitrogens with one attached hydrogen (secondary N) is 1. The van der Waals surface area contributed by atoms with Crippen LogP contribution in [0.1, 0.15) is 21.5 Å². The number of rotatable bonds is 9. The molecule has 7 heteroatoms. The summed E-state index contributed by atoms with van der Waals surface area (Å²) >= 11 is 12.1. The van der Waals surface area contributed by atoms with Gasteiger partial charge in [-0.25, -0.2) is 5.43 Å². The molecule has 0 aliphatic rings. The fraction of sp³-hybridized carbons (Fsp3) is 0.0833. The standard InChI is InChI=1S/C24H20Cl2N2O3/c1-2-13-30-22-9-5-3-7-17(22)15-27-28-24(29)20-8-4-6-10-23(20)31-16-18-11-12-19(25)14-21(18)26/h2-12,14-15H,1,13,16H2,(H,28,29)/b27-15-. The molecule has 0 saturated carbocycles. The lowest BCUT2D eigenvalue weighted by Gasteiger charge is -2.11. The van der Waals surface area contributed by atoms with Crippen LogP contribution in [0, 0.1) is 0 Å². The Balaban J connectivity index is 1.67. The summed E-state index contributed by atoms with van der Waals surface area (Å²) < 4.78 is 11.4. The number of carbonyl (C=O) groups is 1. The highest BCUT2D eigenvalue weighted by Crippen LogP contribution is 2.24. The monoisotopic (exact) mass is 454 g/mol. The minimum atomic E-state index is -0.404. The van der Waals surface area contributed by atoms with E-state index in [0.29, 0.717) is 33.7 Å². The smallest absolute Gasteiger partial charge is 0.275 e. The molecule has 3 rings (SSSR count). The molecule has 0 heterocycles. The van der Waals surface area contributed by atoms with E-state index in [1.165, 1.54) is 6.21 Å². The van der Waals surface area contributed by atoms with Gasteiger partial charge in [-0.05, 0) is 36.4 Å². The summed E-state index contributed by atoms with van der Waals surface area (Å²) in [5.74, 6) is 0.651. The second-order valence-corrected chi connectivity index (χ2v) is 7.20. The van der Waals surface area contributed by atoms with Gasteiger partial charge in [0.15, 0.2) is 0 Å². The zero-order valence-electron chi connectivity index (χ0n) is 16.6. The fourth-order valence-corrected chi connectivity index (χ4v) is 3.13. The van der Waals surface area contributed by atoms with E-state index in [4.69, 9.17) is 32.7 Å². The van der Waals surface area contributed by atoms with E-state index in [-0.39, 0.29) is 6.61 Å². The first-order chi connectivity index (χ1) is 15.1. The van der Waals surface area contributed by atoms with Crippen LogP contribution in [-0.4, -0.2) is 18.7 Å². The Kier molecular flexibility index (Phi) is 8.10. The van der Waals surface area contributed by atoms with Crippen LogP contribution in [0.5, 0.6) is 11.5 Å². The van der Waals surface area contributed by atoms with Gasteiger partial charge in [-0.15, -0.1) is 0 Å². The molecule has 0 atom stereocenters. The van der Waals surface area contributed by atoms with Gasteiger partial charge in [0.05, 0.1) is 11.8 Å². The van der Waals surface area contributed by atoms with Crippen molar-refractivity contribution in [3.8, 4) is 11.5 Å². The number of ether oxygens (including phenoxy) is 2. The van der Waals surface area contributed by atoms with Crippen molar-refractivity contribution in [1.29, 1.82) is 0 Å². The lowest BCUT2D eigenvalue weighted by atomic mass is 10.2. The molecule has 31 heavy (non-hydrogen) atoms. The number of amides is 1. The van der Waals surface area contributed by atoms with Crippen LogP contribution in [0.3, 0.4) is 0 Å². The van der Waals surface area contributed by atoms with Crippen molar-refractivity contribution < 1.29 is 14.3 Å². The Bertz CT molecular complexity index is 1100. The molecule has 0 aliphatic heterocycles. The molecule has 1 N–H and O–H groups in total. The molecule has 0 fully saturated rings. The maximum absolute atomic E-state index is 12.6. The number of halogens is 2. The second-order valence-electron chi connectivity index (χ2n) is 6.36. The van der Waals surface area contributed by atoms with Crippen LogP contribution in [-0.2, 0) is 6.61 Å². The van der Waals surface area contributed by atoms with Crippen LogP contribution in [0.15, 0.2) is 84.5 Å². The highest BCUT2D eigenvalue weighted by Gasteiger charge is 2.12. The molecule has 1 amide bonds. The molecule has 3 aromatic rings. The Hall–Kier alpha value is -3.28. The van der Waals surface area contributed by atoms with Gasteiger partial charge in [-0.2, -0.15) is 5.10 Å². The summed E-state index contributed by atoms with van der Waals surface area (Å²) in [6.07, 6.45) is 3.18. The SMILES string of the molecule is C=CCOc1ccccc1/C=N\NC(=O)c1ccccc1OCc1ccc(Cl)cc1Cl. The summed E-state index contributed by atoms with van der Waals surface area (Å²) in [7, 11) is 0. The summed E-state index contributed by atoms with van der Waals surface area (Å²) in [5.41, 5.74) is 4.36. The van der Waals surface area contributed by atoms with E-state index in [1.807, 2.05) is 24.3 Å². The Morgan fingerprint density at radius 1 is 1.00 bits per heavy atom. The number of benzene rings is 3. The largest absolute Gasteiger partial charge is 0.489 e. The number of para-hydroxylation sites is 2. The third-order valence-corrected chi connectivity index (χ3v) is 4.76. The van der Waals surface area contributed by atoms with Crippen molar-refractivity contribution in [2.75, 3.05) is 6.61 Å². The van der Waals surface area contributed by atoms with Gasteiger partial charge in [-0.3, -0.25) is 4.79 Å². The van der Waals surface area contributed by atoms with Crippen molar-refractivity contribution in [3.63, 3.8) is 0 Å². The summed E-state index contributed by atoms with van der Waals surface area (Å²) in [6.45, 7) is 4.20. The lowest BCUT2D eigenvalue weighted by molar-refractivity contribution is 0.0950. The maximum Gasteiger partial charge on any atom is 0.275 e. The summed E-state index contributed by atoms with van der Waals surface area (Å²) in [6, 6.07) is 19.4. The molecule has 158 valence electrons. The molecule has 3 aromatic carbocycles. The average Bonchev–Trinajstić information content (AvgIpc) is 2.78. The normalized spacial score (nSPS) is 10.6. The van der Waals surface area contributed by atoms with Gasteiger partial charge in [0, 0.05) is 21.2 Å². The van der Waals surface area contributed by atoms with E-state index >= 15 is 0 Å². The van der Waals surface area contributed by atoms with Crippen molar-refractivity contribution in [2.24, 2.45) is 5.10 Å². The average molecular weight is 455 g/mol. The highest BCUT2D eigenvalue weighted by molar-refractivity contribution is 6.35. The van der Waals surface area contributed by atoms with Gasteiger partial charge in [0.2, 0.25) is 0 Å². The minimum Gasteiger partial charge on any atom is -0.489 e. The summed E-state index contributed by atoms with van der Waals surface area (Å²) in [5, 5.41) is 5.09. The topological polar surface area (TPSA) is 59.9 Å². The first-order valence-corrected chi connectivity index (χ1v) is 10.2. The first kappa shape index (κ1) is 22.4. The van der Waals surface area contributed by atoms with Gasteiger partial charge in [0.25, 0.3) is 5.91 Å². The molecule has 5 nitrogen and oxygen atoms in total. The Morgan fingerprint density at radius 2 is 1.74 bits per heavy atom. The number of hydrogen-bond acceptors (Lipinski definition) is 4. The van der Waals surface area contributed by atoms with E-state index in [2.05, 4.69) is 17.1 Å². The van der Waals surface area contributed by atoms with Crippen LogP contribution >= 0.6 is 23.2 Å². The summed E-state index contributed by atoms with van der Waals surface area (Å²) in [4.78, 5) is 12.6. The lowest BCUT2D eigenvalue weighted by Crippen LogP contribution is -2.18. The number of hydrazone groups is 1. The van der Waals surface area contributed by atoms with Crippen LogP contribution in [0.25, 0.3) is 0 Å². The van der Waals surface area contributed by atoms with Crippen molar-refractivity contribution in [3.05, 3.63) is 106 Å². The van der Waals surface area contributed by atoms with Crippen LogP contribution in [0.2, 0.25) is 10.0 Å². The van der Waals surface area contributed by atoms with Gasteiger partial charge < -0.3 is 9.47 Å². The van der Waals surface area contributed by atoms with Crippen molar-refractivity contribution in [1.82, 2.24) is 5.43 Å². The van der Waals surface area contributed by atoms with E-state index in [9.17, 15) is 4.79 Å². The molecule has 0 unspecified atom stereocenters. The Morgan fingerprint density at radius 3 is 2.52 bits per heavy atom. The number of nitrogens with zero attached hydrogens (tertiary/aromatic N) is 1. The third kappa shape index (κ3) is 6.35. The molecule has 0 radical (unpaired) electrons. The zero-order chi connectivity index (χ0) is 22.1. The van der Waals surface area contributed by atoms with E-state index < -0.39 is 5.91 Å². The van der Waals surface area contributed by atoms with Gasteiger partial charge >= 0.3 is 0 Å². The molecular weight excluding hydrogens is 435 g/mol. The van der Waals surface area contributed by atoms with Gasteiger partial charge in [0.1, 0.15) is 24.7 Å². The Labute approximate surface area is 190 Å². The quantitative estimate of drug-likeness (QED) is 0.248. The van der Waals surface area contributed by atoms with Crippen molar-refractivity contribution >= 4 is 35.3 Å². The number of carbonyl (C=O) groups excluding carboxylic acids is 1. The molecular formula is C24H20Cl2N2O3. The zero-order valence-corrected chi connectivity index (χ0v) is 18.1. The molecule has 0 saturated heterocycles. The molecule has 0 aromatic heterocycles. The van der Waals surface area contributed by atoms with Crippen molar-refractivity contribution in [2.45, 2.75) is 6.61 Å². The van der Waals surface area contributed by atoms with Crippen LogP contribution in [0.4, 0.5) is 0 Å². The van der Waals surface area contributed by atoms with Crippen LogP contribution < -0.4 is 14.9 Å². The highest BCUT2D eigenvalue weighted by atomic mass is 35.5. The predicted molar refractivity (Wildman–Crippen MR) is 124 cm³/mol. The van der Waals surface area contributed by atoms with E-state index in [1.54, 1.807) is 48.5 Å². The first-order valence-electron chi connectivity index (χ1n) is 9.40. The van der Waals surface area contributed by atoms with E-state index in [0.717, 1.165) is 11.1 Å². The number of hydrogen-bond donors (Lipinski definition) is 1. The second kappa shape index (κ2) is 11.2. The van der Waals surface area contributed by atoms with Gasteiger partial charge in [-0.1, -0.05) is 66.2 Å². The molecule has 0 spiro atoms. The molecule has 0 aliphatic carbocycles. The predicted octanol–water partition coefficient (Wildman–Crippen LogP) is 5.90. The minimum absolute atomic E-state index is 0.192.